The summed E-state index contributed by atoms with van der Waals surface area (Å²) in [6, 6.07) is 3.90. The van der Waals surface area contributed by atoms with Crippen molar-refractivity contribution in [2.75, 3.05) is 5.73 Å². The highest BCUT2D eigenvalue weighted by atomic mass is 15.2. The monoisotopic (exact) mass is 272 g/mol. The number of anilines is 1. The lowest BCUT2D eigenvalue weighted by Crippen LogP contribution is -2.30. The van der Waals surface area contributed by atoms with Gasteiger partial charge in [0.15, 0.2) is 0 Å². The van der Waals surface area contributed by atoms with Crippen LogP contribution in [-0.2, 0) is 11.0 Å². The molecule has 2 aromatic heterocycles. The third-order valence-corrected chi connectivity index (χ3v) is 3.19. The number of imidazole rings is 1. The van der Waals surface area contributed by atoms with Crippen LogP contribution in [0.15, 0.2) is 24.5 Å². The molecule has 0 bridgehead atoms. The van der Waals surface area contributed by atoms with Gasteiger partial charge in [-0.3, -0.25) is 4.98 Å². The Balaban J connectivity index is 2.72. The van der Waals surface area contributed by atoms with E-state index in [-0.39, 0.29) is 11.0 Å². The zero-order chi connectivity index (χ0) is 15.1. The first-order chi connectivity index (χ1) is 9.12. The SMILES string of the molecule is CC(C)(C)c1nc(-c2cccnc2)c(N)n1C(C)(C)C. The lowest BCUT2D eigenvalue weighted by molar-refractivity contribution is 0.359. The highest BCUT2D eigenvalue weighted by Crippen LogP contribution is 2.35. The van der Waals surface area contributed by atoms with Crippen LogP contribution in [0.2, 0.25) is 0 Å². The van der Waals surface area contributed by atoms with Gasteiger partial charge < -0.3 is 10.3 Å². The van der Waals surface area contributed by atoms with Crippen LogP contribution in [-0.4, -0.2) is 14.5 Å². The Morgan fingerprint density at radius 1 is 1.10 bits per heavy atom. The quantitative estimate of drug-likeness (QED) is 0.863. The van der Waals surface area contributed by atoms with Gasteiger partial charge >= 0.3 is 0 Å². The van der Waals surface area contributed by atoms with Gasteiger partial charge in [-0.05, 0) is 32.9 Å². The minimum Gasteiger partial charge on any atom is -0.383 e. The Hall–Kier alpha value is -1.84. The maximum Gasteiger partial charge on any atom is 0.132 e. The Labute approximate surface area is 121 Å². The first kappa shape index (κ1) is 14.6. The van der Waals surface area contributed by atoms with E-state index < -0.39 is 0 Å². The molecule has 2 N–H and O–H groups in total. The van der Waals surface area contributed by atoms with Crippen molar-refractivity contribution in [3.05, 3.63) is 30.4 Å². The molecule has 2 rings (SSSR count). The van der Waals surface area contributed by atoms with Crippen LogP contribution in [0.1, 0.15) is 47.4 Å². The first-order valence-corrected chi connectivity index (χ1v) is 6.92. The van der Waals surface area contributed by atoms with Crippen molar-refractivity contribution in [3.8, 4) is 11.3 Å². The second kappa shape index (κ2) is 4.62. The first-order valence-electron chi connectivity index (χ1n) is 6.92. The molecule has 0 saturated carbocycles. The summed E-state index contributed by atoms with van der Waals surface area (Å²) >= 11 is 0. The average Bonchev–Trinajstić information content (AvgIpc) is 2.67. The summed E-state index contributed by atoms with van der Waals surface area (Å²) < 4.78 is 2.13. The standard InChI is InChI=1S/C16H24N4/c1-15(2,3)14-19-12(11-8-7-9-18-10-11)13(17)20(14)16(4,5)6/h7-10H,17H2,1-6H3. The van der Waals surface area contributed by atoms with Gasteiger partial charge in [0.1, 0.15) is 17.3 Å². The van der Waals surface area contributed by atoms with E-state index >= 15 is 0 Å². The number of nitrogens with two attached hydrogens (primary N) is 1. The topological polar surface area (TPSA) is 56.7 Å². The second-order valence-electron chi connectivity index (χ2n) is 7.17. The highest BCUT2D eigenvalue weighted by Gasteiger charge is 2.30. The highest BCUT2D eigenvalue weighted by molar-refractivity contribution is 5.70. The third-order valence-electron chi connectivity index (χ3n) is 3.19. The predicted octanol–water partition coefficient (Wildman–Crippen LogP) is 3.58. The van der Waals surface area contributed by atoms with E-state index in [2.05, 4.69) is 51.1 Å². The van der Waals surface area contributed by atoms with Crippen molar-refractivity contribution in [2.45, 2.75) is 52.5 Å². The van der Waals surface area contributed by atoms with E-state index in [4.69, 9.17) is 10.7 Å². The fourth-order valence-corrected chi connectivity index (χ4v) is 2.33. The minimum absolute atomic E-state index is 0.0676. The van der Waals surface area contributed by atoms with Gasteiger partial charge in [0.2, 0.25) is 0 Å². The maximum absolute atomic E-state index is 6.39. The molecule has 4 heteroatoms. The van der Waals surface area contributed by atoms with E-state index in [0.717, 1.165) is 17.1 Å². The second-order valence-corrected chi connectivity index (χ2v) is 7.17. The molecule has 2 aromatic rings. The molecule has 0 aliphatic heterocycles. The summed E-state index contributed by atoms with van der Waals surface area (Å²) in [5.74, 6) is 1.71. The molecule has 0 aromatic carbocycles. The van der Waals surface area contributed by atoms with Crippen LogP contribution in [0.5, 0.6) is 0 Å². The lowest BCUT2D eigenvalue weighted by atomic mass is 9.94. The van der Waals surface area contributed by atoms with Crippen molar-refractivity contribution < 1.29 is 0 Å². The van der Waals surface area contributed by atoms with Gasteiger partial charge in [-0.15, -0.1) is 0 Å². The van der Waals surface area contributed by atoms with Crippen LogP contribution in [0, 0.1) is 0 Å². The molecule has 0 spiro atoms. The molecule has 20 heavy (non-hydrogen) atoms. The molecule has 0 amide bonds. The smallest absolute Gasteiger partial charge is 0.132 e. The van der Waals surface area contributed by atoms with Crippen LogP contribution >= 0.6 is 0 Å². The molecule has 0 aliphatic carbocycles. The molecule has 108 valence electrons. The van der Waals surface area contributed by atoms with Gasteiger partial charge in [0, 0.05) is 28.9 Å². The largest absolute Gasteiger partial charge is 0.383 e. The molecule has 0 unspecified atom stereocenters. The predicted molar refractivity (Wildman–Crippen MR) is 83.6 cm³/mol. The lowest BCUT2D eigenvalue weighted by Gasteiger charge is -2.29. The van der Waals surface area contributed by atoms with E-state index in [1.807, 2.05) is 12.1 Å². The van der Waals surface area contributed by atoms with Crippen molar-refractivity contribution >= 4 is 5.82 Å². The van der Waals surface area contributed by atoms with Crippen molar-refractivity contribution in [1.82, 2.24) is 14.5 Å². The third kappa shape index (κ3) is 2.55. The zero-order valence-corrected chi connectivity index (χ0v) is 13.2. The fraction of sp³-hybridized carbons (Fsp3) is 0.500. The van der Waals surface area contributed by atoms with Gasteiger partial charge in [-0.2, -0.15) is 0 Å². The molecule has 0 aliphatic rings. The van der Waals surface area contributed by atoms with Crippen LogP contribution in [0.3, 0.4) is 0 Å². The van der Waals surface area contributed by atoms with Gasteiger partial charge in [0.25, 0.3) is 0 Å². The molecule has 2 heterocycles. The van der Waals surface area contributed by atoms with Crippen LogP contribution in [0.4, 0.5) is 5.82 Å². The number of aromatic nitrogens is 3. The number of hydrogen-bond donors (Lipinski definition) is 1. The summed E-state index contributed by atoms with van der Waals surface area (Å²) in [5, 5.41) is 0. The van der Waals surface area contributed by atoms with Gasteiger partial charge in [0.05, 0.1) is 0 Å². The number of hydrogen-bond acceptors (Lipinski definition) is 3. The number of rotatable bonds is 1. The summed E-state index contributed by atoms with van der Waals surface area (Å²) in [7, 11) is 0. The molecule has 0 atom stereocenters. The summed E-state index contributed by atoms with van der Waals surface area (Å²) in [5.41, 5.74) is 7.99. The number of nitrogen functional groups attached to an aromatic ring is 1. The molecular formula is C16H24N4. The number of nitrogens with zero attached hydrogens (tertiary/aromatic N) is 3. The molecule has 0 saturated heterocycles. The van der Waals surface area contributed by atoms with Crippen LogP contribution < -0.4 is 5.73 Å². The van der Waals surface area contributed by atoms with Gasteiger partial charge in [-0.25, -0.2) is 4.98 Å². The molecule has 0 fully saturated rings. The Kier molecular flexibility index (Phi) is 3.36. The number of pyridine rings is 1. The normalized spacial score (nSPS) is 12.7. The Morgan fingerprint density at radius 3 is 2.15 bits per heavy atom. The average molecular weight is 272 g/mol. The Bertz CT molecular complexity index is 598. The van der Waals surface area contributed by atoms with E-state index in [1.54, 1.807) is 12.4 Å². The minimum atomic E-state index is -0.111. The Morgan fingerprint density at radius 2 is 1.75 bits per heavy atom. The van der Waals surface area contributed by atoms with E-state index in [0.29, 0.717) is 5.82 Å². The maximum atomic E-state index is 6.39. The zero-order valence-electron chi connectivity index (χ0n) is 13.2. The van der Waals surface area contributed by atoms with E-state index in [9.17, 15) is 0 Å². The summed E-state index contributed by atoms with van der Waals surface area (Å²) in [6.45, 7) is 12.9. The van der Waals surface area contributed by atoms with Crippen molar-refractivity contribution in [1.29, 1.82) is 0 Å². The fourth-order valence-electron chi connectivity index (χ4n) is 2.33. The summed E-state index contributed by atoms with van der Waals surface area (Å²) in [6.07, 6.45) is 3.56. The summed E-state index contributed by atoms with van der Waals surface area (Å²) in [4.78, 5) is 8.98. The molecule has 4 nitrogen and oxygen atoms in total. The van der Waals surface area contributed by atoms with Gasteiger partial charge in [-0.1, -0.05) is 20.8 Å². The molecule has 0 radical (unpaired) electrons. The van der Waals surface area contributed by atoms with E-state index in [1.165, 1.54) is 0 Å². The molecular weight excluding hydrogens is 248 g/mol. The van der Waals surface area contributed by atoms with Crippen LogP contribution in [0.25, 0.3) is 11.3 Å². The van der Waals surface area contributed by atoms with Crippen molar-refractivity contribution in [3.63, 3.8) is 0 Å². The van der Waals surface area contributed by atoms with Crippen molar-refractivity contribution in [2.24, 2.45) is 0 Å².